The van der Waals surface area contributed by atoms with Crippen LogP contribution in [0.15, 0.2) is 12.2 Å². The van der Waals surface area contributed by atoms with E-state index in [1.165, 1.54) is 19.3 Å². The highest BCUT2D eigenvalue weighted by Gasteiger charge is 2.62. The lowest BCUT2D eigenvalue weighted by atomic mass is 9.68. The van der Waals surface area contributed by atoms with Crippen LogP contribution in [0.1, 0.15) is 53.4 Å². The van der Waals surface area contributed by atoms with Crippen molar-refractivity contribution in [1.29, 1.82) is 0 Å². The second-order valence-corrected chi connectivity index (χ2v) is 10.6. The fraction of sp³-hybridized carbons (Fsp3) is 0.895. The first-order chi connectivity index (χ1) is 11.6. The van der Waals surface area contributed by atoms with E-state index in [0.29, 0.717) is 42.1 Å². The van der Waals surface area contributed by atoms with Crippen molar-refractivity contribution in [3.63, 3.8) is 0 Å². The van der Waals surface area contributed by atoms with Crippen LogP contribution >= 0.6 is 0 Å². The maximum atomic E-state index is 6.22. The van der Waals surface area contributed by atoms with Crippen LogP contribution < -0.4 is 0 Å². The van der Waals surface area contributed by atoms with Crippen LogP contribution in [0.3, 0.4) is 0 Å². The molecule has 3 atom stereocenters. The molecular formula is C19H34O4Si. The average molecular weight is 355 g/mol. The van der Waals surface area contributed by atoms with Crippen molar-refractivity contribution in [3.8, 4) is 0 Å². The van der Waals surface area contributed by atoms with Gasteiger partial charge in [-0.25, -0.2) is 0 Å². The van der Waals surface area contributed by atoms with Gasteiger partial charge in [0.15, 0.2) is 0 Å². The van der Waals surface area contributed by atoms with E-state index >= 15 is 0 Å². The minimum atomic E-state index is -2.62. The van der Waals surface area contributed by atoms with Crippen molar-refractivity contribution in [2.75, 3.05) is 33.0 Å². The number of hydrogen-bond acceptors (Lipinski definition) is 4. The third-order valence-corrected chi connectivity index (χ3v) is 9.88. The topological polar surface area (TPSA) is 36.9 Å². The fourth-order valence-electron chi connectivity index (χ4n) is 5.16. The quantitative estimate of drug-likeness (QED) is 0.435. The Kier molecular flexibility index (Phi) is 5.57. The number of allylic oxidation sites excluding steroid dienone is 2. The van der Waals surface area contributed by atoms with Gasteiger partial charge in [-0.1, -0.05) is 19.1 Å². The summed E-state index contributed by atoms with van der Waals surface area (Å²) in [4.78, 5) is 0. The molecule has 3 rings (SSSR count). The largest absolute Gasteiger partial charge is 0.504 e. The lowest BCUT2D eigenvalue weighted by Crippen LogP contribution is -2.52. The van der Waals surface area contributed by atoms with Gasteiger partial charge >= 0.3 is 8.80 Å². The molecule has 138 valence electrons. The minimum Gasteiger partial charge on any atom is -0.380 e. The van der Waals surface area contributed by atoms with E-state index in [1.54, 1.807) is 0 Å². The summed E-state index contributed by atoms with van der Waals surface area (Å²) in [6, 6.07) is 0. The van der Waals surface area contributed by atoms with Gasteiger partial charge in [0.2, 0.25) is 0 Å². The summed E-state index contributed by atoms with van der Waals surface area (Å²) in [6.45, 7) is 12.3. The maximum Gasteiger partial charge on any atom is 0.504 e. The molecule has 1 heterocycles. The summed E-state index contributed by atoms with van der Waals surface area (Å²) in [7, 11) is -2.62. The molecule has 1 saturated heterocycles. The maximum absolute atomic E-state index is 6.22. The van der Waals surface area contributed by atoms with Crippen molar-refractivity contribution < 1.29 is 18.0 Å². The molecule has 0 aromatic heterocycles. The van der Waals surface area contributed by atoms with Gasteiger partial charge in [0.1, 0.15) is 0 Å². The number of ether oxygens (including phenoxy) is 1. The first-order valence-electron chi connectivity index (χ1n) is 9.75. The Bertz CT molecular complexity index is 440. The predicted octanol–water partition coefficient (Wildman–Crippen LogP) is 4.19. The number of rotatable bonds is 10. The summed E-state index contributed by atoms with van der Waals surface area (Å²) < 4.78 is 24.2. The highest BCUT2D eigenvalue weighted by Crippen LogP contribution is 2.63. The summed E-state index contributed by atoms with van der Waals surface area (Å²) in [6.07, 6.45) is 9.77. The van der Waals surface area contributed by atoms with Gasteiger partial charge in [0, 0.05) is 30.8 Å². The van der Waals surface area contributed by atoms with Gasteiger partial charge in [-0.15, -0.1) is 0 Å². The Morgan fingerprint density at radius 1 is 1.00 bits per heavy atom. The van der Waals surface area contributed by atoms with Gasteiger partial charge in [0.05, 0.1) is 13.2 Å². The third-order valence-electron chi connectivity index (χ3n) is 6.27. The normalized spacial score (nSPS) is 33.8. The molecule has 1 aliphatic heterocycles. The number of fused-ring (bicyclic) bond motifs is 2. The van der Waals surface area contributed by atoms with E-state index in [-0.39, 0.29) is 0 Å². The molecule has 1 saturated carbocycles. The van der Waals surface area contributed by atoms with Crippen LogP contribution in [0.2, 0.25) is 5.54 Å². The molecule has 3 aliphatic rings. The lowest BCUT2D eigenvalue weighted by Gasteiger charge is -2.46. The second-order valence-electron chi connectivity index (χ2n) is 7.83. The lowest BCUT2D eigenvalue weighted by molar-refractivity contribution is -0.132. The fourth-order valence-corrected chi connectivity index (χ4v) is 8.67. The SMILES string of the molecule is CCO[Si](OCC)(OCC)C1CC2(CC3(CC)COC3)C=CC1C2. The molecule has 0 amide bonds. The molecular weight excluding hydrogens is 320 g/mol. The third kappa shape index (κ3) is 3.14. The highest BCUT2D eigenvalue weighted by molar-refractivity contribution is 6.62. The summed E-state index contributed by atoms with van der Waals surface area (Å²) >= 11 is 0. The first kappa shape index (κ1) is 18.6. The van der Waals surface area contributed by atoms with Crippen molar-refractivity contribution in [3.05, 3.63) is 12.2 Å². The van der Waals surface area contributed by atoms with Crippen LogP contribution in [0.25, 0.3) is 0 Å². The Morgan fingerprint density at radius 3 is 2.08 bits per heavy atom. The zero-order valence-corrected chi connectivity index (χ0v) is 16.8. The Balaban J connectivity index is 1.79. The zero-order chi connectivity index (χ0) is 17.3. The van der Waals surface area contributed by atoms with Gasteiger partial charge in [-0.3, -0.25) is 0 Å². The van der Waals surface area contributed by atoms with Crippen molar-refractivity contribution in [2.24, 2.45) is 16.7 Å². The smallest absolute Gasteiger partial charge is 0.380 e. The van der Waals surface area contributed by atoms with Crippen molar-refractivity contribution >= 4 is 8.80 Å². The average Bonchev–Trinajstić information content (AvgIpc) is 3.10. The van der Waals surface area contributed by atoms with Crippen LogP contribution in [-0.2, 0) is 18.0 Å². The minimum absolute atomic E-state index is 0.304. The van der Waals surface area contributed by atoms with Gasteiger partial charge in [0.25, 0.3) is 0 Å². The monoisotopic (exact) mass is 354 g/mol. The molecule has 24 heavy (non-hydrogen) atoms. The van der Waals surface area contributed by atoms with Gasteiger partial charge in [-0.05, 0) is 57.8 Å². The van der Waals surface area contributed by atoms with E-state index in [0.717, 1.165) is 19.6 Å². The molecule has 0 aromatic rings. The van der Waals surface area contributed by atoms with Gasteiger partial charge in [-0.2, -0.15) is 0 Å². The van der Waals surface area contributed by atoms with Crippen LogP contribution in [0, 0.1) is 16.7 Å². The molecule has 4 nitrogen and oxygen atoms in total. The Labute approximate surface area is 148 Å². The van der Waals surface area contributed by atoms with Crippen LogP contribution in [0.4, 0.5) is 0 Å². The molecule has 2 aliphatic carbocycles. The molecule has 0 N–H and O–H groups in total. The molecule has 5 heteroatoms. The second kappa shape index (κ2) is 7.20. The van der Waals surface area contributed by atoms with Crippen LogP contribution in [-0.4, -0.2) is 41.8 Å². The Hall–Kier alpha value is -0.203. The molecule has 2 bridgehead atoms. The van der Waals surface area contributed by atoms with E-state index in [9.17, 15) is 0 Å². The molecule has 3 unspecified atom stereocenters. The van der Waals surface area contributed by atoms with Crippen molar-refractivity contribution in [2.45, 2.75) is 58.9 Å². The van der Waals surface area contributed by atoms with E-state index < -0.39 is 8.80 Å². The number of hydrogen-bond donors (Lipinski definition) is 0. The van der Waals surface area contributed by atoms with Gasteiger partial charge < -0.3 is 18.0 Å². The van der Waals surface area contributed by atoms with Crippen molar-refractivity contribution in [1.82, 2.24) is 0 Å². The predicted molar refractivity (Wildman–Crippen MR) is 96.8 cm³/mol. The standard InChI is InChI=1S/C19H34O4Si/c1-5-18(14-20-15-18)13-19-10-9-16(11-19)17(12-19)24(21-6-2,22-7-3)23-8-4/h9-10,16-17H,5-8,11-15H2,1-4H3. The molecule has 2 fully saturated rings. The summed E-state index contributed by atoms with van der Waals surface area (Å²) in [5, 5.41) is 0. The van der Waals surface area contributed by atoms with E-state index in [1.807, 2.05) is 0 Å². The Morgan fingerprint density at radius 2 is 1.62 bits per heavy atom. The molecule has 0 aromatic carbocycles. The molecule has 0 radical (unpaired) electrons. The zero-order valence-electron chi connectivity index (χ0n) is 15.8. The van der Waals surface area contributed by atoms with Crippen LogP contribution in [0.5, 0.6) is 0 Å². The van der Waals surface area contributed by atoms with E-state index in [4.69, 9.17) is 18.0 Å². The van der Waals surface area contributed by atoms with E-state index in [2.05, 4.69) is 39.8 Å². The summed E-state index contributed by atoms with van der Waals surface area (Å²) in [5.41, 5.74) is 1.11. The molecule has 0 spiro atoms. The summed E-state index contributed by atoms with van der Waals surface area (Å²) in [5.74, 6) is 0.552. The first-order valence-corrected chi connectivity index (χ1v) is 11.6. The highest BCUT2D eigenvalue weighted by atomic mass is 28.4.